The van der Waals surface area contributed by atoms with Crippen molar-refractivity contribution in [3.05, 3.63) is 63.0 Å². The Balaban J connectivity index is 1.53. The zero-order valence-electron chi connectivity index (χ0n) is 18.3. The van der Waals surface area contributed by atoms with Gasteiger partial charge in [-0.05, 0) is 75.0 Å². The fraction of sp³-hybridized carbons (Fsp3) is 0.348. The van der Waals surface area contributed by atoms with Crippen LogP contribution in [0.25, 0.3) is 0 Å². The van der Waals surface area contributed by atoms with Gasteiger partial charge in [0.05, 0.1) is 36.3 Å². The lowest BCUT2D eigenvalue weighted by Gasteiger charge is -2.13. The van der Waals surface area contributed by atoms with Gasteiger partial charge in [0.1, 0.15) is 10.8 Å². The molecular weight excluding hydrogens is 447 g/mol. The quantitative estimate of drug-likeness (QED) is 0.392. The standard InChI is InChI=1S/C23H25FN4O2S2/c1-13-20(14(2)28(27-13)12-15-7-6-8-16(24)11-15)25-23(31)26-21-19(22(29)30-3)17-9-4-5-10-18(17)32-21/h6-8,11H,4-5,9-10,12H2,1-3H3,(H2,25,26,31). The Morgan fingerprint density at radius 3 is 2.81 bits per heavy atom. The summed E-state index contributed by atoms with van der Waals surface area (Å²) in [6, 6.07) is 6.48. The Bertz CT molecular complexity index is 1190. The molecule has 2 heterocycles. The van der Waals surface area contributed by atoms with Gasteiger partial charge >= 0.3 is 5.97 Å². The van der Waals surface area contributed by atoms with Crippen molar-refractivity contribution in [2.75, 3.05) is 17.7 Å². The highest BCUT2D eigenvalue weighted by molar-refractivity contribution is 7.80. The van der Waals surface area contributed by atoms with Crippen LogP contribution in [0.15, 0.2) is 24.3 Å². The van der Waals surface area contributed by atoms with Gasteiger partial charge in [-0.3, -0.25) is 4.68 Å². The number of methoxy groups -OCH3 is 1. The van der Waals surface area contributed by atoms with Crippen molar-refractivity contribution in [1.82, 2.24) is 9.78 Å². The number of aromatic nitrogens is 2. The van der Waals surface area contributed by atoms with Gasteiger partial charge in [-0.2, -0.15) is 5.10 Å². The molecule has 0 radical (unpaired) electrons. The zero-order chi connectivity index (χ0) is 22.8. The number of halogens is 1. The molecule has 168 valence electrons. The number of fused-ring (bicyclic) bond motifs is 1. The van der Waals surface area contributed by atoms with E-state index in [0.717, 1.165) is 53.9 Å². The molecule has 1 aliphatic rings. The number of thiocarbonyl (C=S) groups is 1. The molecule has 0 bridgehead atoms. The minimum atomic E-state index is -0.343. The molecule has 4 rings (SSSR count). The van der Waals surface area contributed by atoms with Gasteiger partial charge in [0.2, 0.25) is 0 Å². The van der Waals surface area contributed by atoms with Gasteiger partial charge in [0.15, 0.2) is 5.11 Å². The highest BCUT2D eigenvalue weighted by Crippen LogP contribution is 2.38. The minimum Gasteiger partial charge on any atom is -0.465 e. The first-order valence-electron chi connectivity index (χ1n) is 10.5. The second-order valence-electron chi connectivity index (χ2n) is 7.82. The number of anilines is 2. The molecule has 2 aromatic heterocycles. The summed E-state index contributed by atoms with van der Waals surface area (Å²) in [5.41, 5.74) is 4.95. The van der Waals surface area contributed by atoms with E-state index in [1.54, 1.807) is 17.4 Å². The SMILES string of the molecule is COC(=O)c1c(NC(=S)Nc2c(C)nn(Cc3cccc(F)c3)c2C)sc2c1CCCC2. The second-order valence-corrected chi connectivity index (χ2v) is 9.33. The molecular formula is C23H25FN4O2S2. The average Bonchev–Trinajstić information content (AvgIpc) is 3.25. The van der Waals surface area contributed by atoms with Crippen LogP contribution < -0.4 is 10.6 Å². The lowest BCUT2D eigenvalue weighted by atomic mass is 9.95. The summed E-state index contributed by atoms with van der Waals surface area (Å²) in [5, 5.41) is 12.1. The molecule has 1 aromatic carbocycles. The van der Waals surface area contributed by atoms with Crippen molar-refractivity contribution in [3.8, 4) is 0 Å². The van der Waals surface area contributed by atoms with Crippen LogP contribution in [0.1, 0.15) is 50.6 Å². The molecule has 0 amide bonds. The smallest absolute Gasteiger partial charge is 0.341 e. The first-order valence-corrected chi connectivity index (χ1v) is 11.7. The van der Waals surface area contributed by atoms with E-state index in [1.165, 1.54) is 24.1 Å². The number of carbonyl (C=O) groups is 1. The molecule has 0 saturated carbocycles. The normalized spacial score (nSPS) is 12.9. The van der Waals surface area contributed by atoms with Crippen LogP contribution in [0.2, 0.25) is 0 Å². The van der Waals surface area contributed by atoms with Crippen LogP contribution in [0.4, 0.5) is 15.1 Å². The first kappa shape index (κ1) is 22.4. The van der Waals surface area contributed by atoms with Crippen molar-refractivity contribution >= 4 is 45.3 Å². The van der Waals surface area contributed by atoms with Gasteiger partial charge in [-0.25, -0.2) is 9.18 Å². The maximum absolute atomic E-state index is 13.5. The second kappa shape index (κ2) is 9.38. The maximum Gasteiger partial charge on any atom is 0.341 e. The molecule has 32 heavy (non-hydrogen) atoms. The predicted octanol–water partition coefficient (Wildman–Crippen LogP) is 5.22. The van der Waals surface area contributed by atoms with Gasteiger partial charge in [0.25, 0.3) is 0 Å². The summed E-state index contributed by atoms with van der Waals surface area (Å²) in [6.07, 6.45) is 4.04. The number of nitrogens with one attached hydrogen (secondary N) is 2. The third-order valence-corrected chi connectivity index (χ3v) is 7.04. The van der Waals surface area contributed by atoms with Crippen molar-refractivity contribution in [3.63, 3.8) is 0 Å². The summed E-state index contributed by atoms with van der Waals surface area (Å²) < 4.78 is 20.4. The molecule has 0 atom stereocenters. The number of ether oxygens (including phenoxy) is 1. The van der Waals surface area contributed by atoms with E-state index in [4.69, 9.17) is 17.0 Å². The van der Waals surface area contributed by atoms with Crippen LogP contribution in [-0.4, -0.2) is 28.0 Å². The number of hydrogen-bond donors (Lipinski definition) is 2. The van der Waals surface area contributed by atoms with Crippen LogP contribution in [0.3, 0.4) is 0 Å². The summed E-state index contributed by atoms with van der Waals surface area (Å²) in [4.78, 5) is 13.7. The number of rotatable bonds is 5. The Labute approximate surface area is 195 Å². The Hall–Kier alpha value is -2.78. The molecule has 0 saturated heterocycles. The van der Waals surface area contributed by atoms with Crippen molar-refractivity contribution in [1.29, 1.82) is 0 Å². The van der Waals surface area contributed by atoms with Crippen molar-refractivity contribution in [2.24, 2.45) is 0 Å². The third kappa shape index (κ3) is 4.54. The number of esters is 1. The number of thiophene rings is 1. The largest absolute Gasteiger partial charge is 0.465 e. The molecule has 6 nitrogen and oxygen atoms in total. The van der Waals surface area contributed by atoms with E-state index in [-0.39, 0.29) is 11.8 Å². The van der Waals surface area contributed by atoms with Gasteiger partial charge < -0.3 is 15.4 Å². The third-order valence-electron chi connectivity index (χ3n) is 5.63. The number of benzene rings is 1. The topological polar surface area (TPSA) is 68.2 Å². The number of hydrogen-bond acceptors (Lipinski definition) is 5. The van der Waals surface area contributed by atoms with E-state index in [1.807, 2.05) is 24.6 Å². The van der Waals surface area contributed by atoms with E-state index >= 15 is 0 Å². The fourth-order valence-corrected chi connectivity index (χ4v) is 5.61. The molecule has 0 fully saturated rings. The zero-order valence-corrected chi connectivity index (χ0v) is 19.9. The Morgan fingerprint density at radius 1 is 1.28 bits per heavy atom. The molecule has 0 spiro atoms. The van der Waals surface area contributed by atoms with Gasteiger partial charge in [-0.15, -0.1) is 11.3 Å². The lowest BCUT2D eigenvalue weighted by Crippen LogP contribution is -2.21. The van der Waals surface area contributed by atoms with Crippen LogP contribution in [-0.2, 0) is 24.1 Å². The average molecular weight is 473 g/mol. The predicted molar refractivity (Wildman–Crippen MR) is 129 cm³/mol. The highest BCUT2D eigenvalue weighted by atomic mass is 32.1. The highest BCUT2D eigenvalue weighted by Gasteiger charge is 2.26. The van der Waals surface area contributed by atoms with E-state index in [2.05, 4.69) is 15.7 Å². The minimum absolute atomic E-state index is 0.271. The maximum atomic E-state index is 13.5. The van der Waals surface area contributed by atoms with Crippen molar-refractivity contribution < 1.29 is 13.9 Å². The lowest BCUT2D eigenvalue weighted by molar-refractivity contribution is 0.0601. The Morgan fingerprint density at radius 2 is 2.06 bits per heavy atom. The van der Waals surface area contributed by atoms with E-state index < -0.39 is 0 Å². The van der Waals surface area contributed by atoms with Crippen LogP contribution in [0.5, 0.6) is 0 Å². The summed E-state index contributed by atoms with van der Waals surface area (Å²) in [6.45, 7) is 4.29. The van der Waals surface area contributed by atoms with Crippen LogP contribution in [0, 0.1) is 19.7 Å². The molecule has 9 heteroatoms. The fourth-order valence-electron chi connectivity index (χ4n) is 4.06. The molecule has 3 aromatic rings. The Kier molecular flexibility index (Phi) is 6.57. The molecule has 0 aliphatic heterocycles. The summed E-state index contributed by atoms with van der Waals surface area (Å²) >= 11 is 7.13. The molecule has 2 N–H and O–H groups in total. The summed E-state index contributed by atoms with van der Waals surface area (Å²) in [5.74, 6) is -0.613. The molecule has 0 unspecified atom stereocenters. The monoisotopic (exact) mass is 472 g/mol. The summed E-state index contributed by atoms with van der Waals surface area (Å²) in [7, 11) is 1.40. The molecule has 1 aliphatic carbocycles. The van der Waals surface area contributed by atoms with Gasteiger partial charge in [0, 0.05) is 4.88 Å². The number of nitrogens with zero attached hydrogens (tertiary/aromatic N) is 2. The number of carbonyl (C=O) groups excluding carboxylic acids is 1. The van der Waals surface area contributed by atoms with Gasteiger partial charge in [-0.1, -0.05) is 12.1 Å². The van der Waals surface area contributed by atoms with E-state index in [9.17, 15) is 9.18 Å². The van der Waals surface area contributed by atoms with E-state index in [0.29, 0.717) is 22.2 Å². The first-order chi connectivity index (χ1) is 15.4. The number of aryl methyl sites for hydroxylation is 2. The van der Waals surface area contributed by atoms with Crippen molar-refractivity contribution in [2.45, 2.75) is 46.1 Å². The van der Waals surface area contributed by atoms with Crippen LogP contribution >= 0.6 is 23.6 Å².